The highest BCUT2D eigenvalue weighted by Crippen LogP contribution is 2.08. The van der Waals surface area contributed by atoms with Gasteiger partial charge in [-0.05, 0) is 13.8 Å². The van der Waals surface area contributed by atoms with Crippen molar-refractivity contribution < 1.29 is 9.32 Å². The Labute approximate surface area is 75.7 Å². The molecule has 1 rings (SSSR count). The van der Waals surface area contributed by atoms with Gasteiger partial charge in [-0.15, -0.1) is 0 Å². The number of nitrogens with one attached hydrogen (secondary N) is 1. The number of amides is 1. The Morgan fingerprint density at radius 2 is 2.50 bits per heavy atom. The summed E-state index contributed by atoms with van der Waals surface area (Å²) in [5.41, 5.74) is 0. The third-order valence-corrected chi connectivity index (χ3v) is 1.49. The quantitative estimate of drug-likeness (QED) is 0.683. The zero-order valence-corrected chi connectivity index (χ0v) is 7.76. The van der Waals surface area contributed by atoms with Gasteiger partial charge in [0.1, 0.15) is 5.76 Å². The van der Waals surface area contributed by atoms with E-state index in [9.17, 15) is 4.79 Å². The van der Waals surface area contributed by atoms with Gasteiger partial charge in [-0.3, -0.25) is 4.79 Å². The van der Waals surface area contributed by atoms with Crippen molar-refractivity contribution in [2.24, 2.45) is 0 Å². The average Bonchev–Trinajstić information content (AvgIpc) is 2.35. The molecule has 0 fully saturated rings. The first kappa shape index (κ1) is 9.12. The van der Waals surface area contributed by atoms with E-state index in [-0.39, 0.29) is 11.2 Å². The van der Waals surface area contributed by atoms with Crippen LogP contribution in [0.1, 0.15) is 12.7 Å². The number of thiol groups is 1. The normalized spacial score (nSPS) is 12.6. The fourth-order valence-electron chi connectivity index (χ4n) is 0.656. The van der Waals surface area contributed by atoms with E-state index in [2.05, 4.69) is 23.1 Å². The van der Waals surface area contributed by atoms with Gasteiger partial charge in [0, 0.05) is 6.07 Å². The highest BCUT2D eigenvalue weighted by atomic mass is 32.1. The van der Waals surface area contributed by atoms with E-state index >= 15 is 0 Å². The number of aryl methyl sites for hydroxylation is 1. The SMILES string of the molecule is Cc1cc(NC(=O)C(C)S)no1. The zero-order valence-electron chi connectivity index (χ0n) is 6.87. The summed E-state index contributed by atoms with van der Waals surface area (Å²) in [5.74, 6) is 0.905. The number of aromatic nitrogens is 1. The number of hydrogen-bond acceptors (Lipinski definition) is 4. The van der Waals surface area contributed by atoms with Crippen LogP contribution < -0.4 is 5.32 Å². The fraction of sp³-hybridized carbons (Fsp3) is 0.429. The molecule has 0 saturated heterocycles. The first-order valence-corrected chi connectivity index (χ1v) is 4.03. The van der Waals surface area contributed by atoms with Gasteiger partial charge in [0.25, 0.3) is 0 Å². The van der Waals surface area contributed by atoms with Crippen LogP contribution >= 0.6 is 12.6 Å². The number of carbonyl (C=O) groups is 1. The van der Waals surface area contributed by atoms with Crippen molar-refractivity contribution in [3.8, 4) is 0 Å². The summed E-state index contributed by atoms with van der Waals surface area (Å²) < 4.78 is 4.76. The summed E-state index contributed by atoms with van der Waals surface area (Å²) in [5, 5.41) is 5.79. The number of rotatable bonds is 2. The van der Waals surface area contributed by atoms with E-state index in [0.717, 1.165) is 0 Å². The van der Waals surface area contributed by atoms with Crippen molar-refractivity contribution in [2.75, 3.05) is 5.32 Å². The molecule has 12 heavy (non-hydrogen) atoms. The van der Waals surface area contributed by atoms with E-state index in [0.29, 0.717) is 11.6 Å². The summed E-state index contributed by atoms with van der Waals surface area (Å²) in [4.78, 5) is 11.1. The number of anilines is 1. The van der Waals surface area contributed by atoms with Crippen LogP contribution in [0.25, 0.3) is 0 Å². The Bertz CT molecular complexity index is 283. The molecule has 1 aromatic rings. The first-order valence-electron chi connectivity index (χ1n) is 3.52. The molecule has 5 heteroatoms. The Balaban J connectivity index is 2.58. The maximum Gasteiger partial charge on any atom is 0.238 e. The summed E-state index contributed by atoms with van der Waals surface area (Å²) >= 11 is 3.96. The van der Waals surface area contributed by atoms with Crippen LogP contribution in [-0.2, 0) is 4.79 Å². The summed E-state index contributed by atoms with van der Waals surface area (Å²) in [7, 11) is 0. The number of nitrogens with zero attached hydrogens (tertiary/aromatic N) is 1. The Kier molecular flexibility index (Phi) is 2.75. The molecule has 4 nitrogen and oxygen atoms in total. The molecule has 1 amide bonds. The molecule has 1 unspecified atom stereocenters. The van der Waals surface area contributed by atoms with Crippen LogP contribution in [0.2, 0.25) is 0 Å². The predicted octanol–water partition coefficient (Wildman–Crippen LogP) is 1.24. The monoisotopic (exact) mass is 186 g/mol. The molecule has 0 aliphatic heterocycles. The van der Waals surface area contributed by atoms with Gasteiger partial charge >= 0.3 is 0 Å². The van der Waals surface area contributed by atoms with Crippen LogP contribution in [0, 0.1) is 6.92 Å². The maximum atomic E-state index is 11.1. The second-order valence-electron chi connectivity index (χ2n) is 2.49. The molecule has 1 aromatic heterocycles. The smallest absolute Gasteiger partial charge is 0.238 e. The predicted molar refractivity (Wildman–Crippen MR) is 48.3 cm³/mol. The molecule has 0 bridgehead atoms. The van der Waals surface area contributed by atoms with Gasteiger partial charge in [-0.2, -0.15) is 12.6 Å². The van der Waals surface area contributed by atoms with Crippen LogP contribution in [0.15, 0.2) is 10.6 Å². The van der Waals surface area contributed by atoms with E-state index < -0.39 is 0 Å². The molecule has 0 aliphatic rings. The first-order chi connectivity index (χ1) is 5.59. The van der Waals surface area contributed by atoms with E-state index in [4.69, 9.17) is 4.52 Å². The van der Waals surface area contributed by atoms with E-state index in [1.165, 1.54) is 0 Å². The summed E-state index contributed by atoms with van der Waals surface area (Å²) in [6.45, 7) is 3.44. The van der Waals surface area contributed by atoms with Gasteiger partial charge in [-0.1, -0.05) is 5.16 Å². The lowest BCUT2D eigenvalue weighted by Gasteiger charge is -2.01. The lowest BCUT2D eigenvalue weighted by Crippen LogP contribution is -2.20. The van der Waals surface area contributed by atoms with E-state index in [1.54, 1.807) is 19.9 Å². The molecule has 1 heterocycles. The van der Waals surface area contributed by atoms with Crippen LogP contribution in [0.5, 0.6) is 0 Å². The van der Waals surface area contributed by atoms with Gasteiger partial charge < -0.3 is 9.84 Å². The van der Waals surface area contributed by atoms with Crippen molar-refractivity contribution >= 4 is 24.4 Å². The minimum Gasteiger partial charge on any atom is -0.360 e. The van der Waals surface area contributed by atoms with E-state index in [1.807, 2.05) is 0 Å². The molecule has 0 aliphatic carbocycles. The molecule has 66 valence electrons. The minimum absolute atomic E-state index is 0.188. The molecule has 1 N–H and O–H groups in total. The molecule has 0 radical (unpaired) electrons. The number of hydrogen-bond donors (Lipinski definition) is 2. The molecular weight excluding hydrogens is 176 g/mol. The summed E-state index contributed by atoms with van der Waals surface area (Å²) in [6, 6.07) is 1.65. The Hall–Kier alpha value is -0.970. The molecule has 0 spiro atoms. The third-order valence-electron chi connectivity index (χ3n) is 1.26. The van der Waals surface area contributed by atoms with Crippen molar-refractivity contribution in [1.29, 1.82) is 0 Å². The average molecular weight is 186 g/mol. The lowest BCUT2D eigenvalue weighted by atomic mass is 10.4. The second kappa shape index (κ2) is 3.62. The van der Waals surface area contributed by atoms with Crippen molar-refractivity contribution in [3.05, 3.63) is 11.8 Å². The highest BCUT2D eigenvalue weighted by Gasteiger charge is 2.09. The second-order valence-corrected chi connectivity index (χ2v) is 3.26. The lowest BCUT2D eigenvalue weighted by molar-refractivity contribution is -0.115. The molecule has 1 atom stereocenters. The Morgan fingerprint density at radius 3 is 2.92 bits per heavy atom. The van der Waals surface area contributed by atoms with Gasteiger partial charge in [0.2, 0.25) is 5.91 Å². The largest absolute Gasteiger partial charge is 0.360 e. The maximum absolute atomic E-state index is 11.1. The van der Waals surface area contributed by atoms with Crippen LogP contribution in [0.3, 0.4) is 0 Å². The molecule has 0 aromatic carbocycles. The summed E-state index contributed by atoms with van der Waals surface area (Å²) in [6.07, 6.45) is 0. The van der Waals surface area contributed by atoms with Gasteiger partial charge in [0.05, 0.1) is 5.25 Å². The third kappa shape index (κ3) is 2.27. The van der Waals surface area contributed by atoms with Crippen molar-refractivity contribution in [2.45, 2.75) is 19.1 Å². The van der Waals surface area contributed by atoms with Crippen LogP contribution in [0.4, 0.5) is 5.82 Å². The van der Waals surface area contributed by atoms with Gasteiger partial charge in [-0.25, -0.2) is 0 Å². The molecular formula is C7H10N2O2S. The van der Waals surface area contributed by atoms with Crippen LogP contribution in [-0.4, -0.2) is 16.3 Å². The van der Waals surface area contributed by atoms with Crippen molar-refractivity contribution in [3.63, 3.8) is 0 Å². The minimum atomic E-state index is -0.345. The Morgan fingerprint density at radius 1 is 1.83 bits per heavy atom. The zero-order chi connectivity index (χ0) is 9.14. The van der Waals surface area contributed by atoms with Crippen molar-refractivity contribution in [1.82, 2.24) is 5.16 Å². The topological polar surface area (TPSA) is 55.1 Å². The van der Waals surface area contributed by atoms with Gasteiger partial charge in [0.15, 0.2) is 5.82 Å². The number of carbonyl (C=O) groups excluding carboxylic acids is 1. The standard InChI is InChI=1S/C7H10N2O2S/c1-4-3-6(9-11-4)8-7(10)5(2)12/h3,5,12H,1-2H3,(H,8,9,10). The molecule has 0 saturated carbocycles. The highest BCUT2D eigenvalue weighted by molar-refractivity contribution is 7.81. The fourth-order valence-corrected chi connectivity index (χ4v) is 0.721.